The Bertz CT molecular complexity index is 1070. The molecule has 0 aromatic carbocycles. The van der Waals surface area contributed by atoms with Gasteiger partial charge in [0.25, 0.3) is 0 Å². The molecule has 14 nitrogen and oxygen atoms in total. The average molecular weight is 921 g/mol. The Hall–Kier alpha value is -1.01. The summed E-state index contributed by atoms with van der Waals surface area (Å²) in [4.78, 5) is 13.0. The molecular weight excluding hydrogens is 825 g/mol. The van der Waals surface area contributed by atoms with Gasteiger partial charge in [0, 0.05) is 13.0 Å². The molecule has 0 aromatic heterocycles. The molecular formula is C50H96O14. The summed E-state index contributed by atoms with van der Waals surface area (Å²) in [6.45, 7) is 3.73. The fourth-order valence-electron chi connectivity index (χ4n) is 8.58. The second-order valence-corrected chi connectivity index (χ2v) is 18.7. The second kappa shape index (κ2) is 38.9. The molecule has 0 spiro atoms. The van der Waals surface area contributed by atoms with Gasteiger partial charge < -0.3 is 64.2 Å². The second-order valence-electron chi connectivity index (χ2n) is 18.7. The van der Waals surface area contributed by atoms with Gasteiger partial charge in [-0.15, -0.1) is 0 Å². The molecule has 2 aliphatic rings. The van der Waals surface area contributed by atoms with Gasteiger partial charge in [-0.05, 0) is 12.8 Å². The first-order valence-electron chi connectivity index (χ1n) is 26.1. The van der Waals surface area contributed by atoms with Crippen molar-refractivity contribution in [3.8, 4) is 0 Å². The number of carbonyl (C=O) groups is 1. The number of carbonyl (C=O) groups excluding carboxylic acids is 1. The molecule has 0 aromatic rings. The number of aliphatic hydroxyl groups excluding tert-OH is 7. The maximum Gasteiger partial charge on any atom is 0.306 e. The van der Waals surface area contributed by atoms with E-state index in [9.17, 15) is 40.5 Å². The Balaban J connectivity index is 1.74. The van der Waals surface area contributed by atoms with Crippen molar-refractivity contribution >= 4 is 5.97 Å². The lowest BCUT2D eigenvalue weighted by Crippen LogP contribution is -2.61. The highest BCUT2D eigenvalue weighted by Crippen LogP contribution is 2.26. The topological polar surface area (TPSA) is 214 Å². The van der Waals surface area contributed by atoms with Crippen molar-refractivity contribution < 1.29 is 69.0 Å². The van der Waals surface area contributed by atoms with E-state index < -0.39 is 80.7 Å². The van der Waals surface area contributed by atoms with Crippen LogP contribution in [0.3, 0.4) is 0 Å². The molecule has 2 heterocycles. The zero-order valence-electron chi connectivity index (χ0n) is 40.3. The number of rotatable bonds is 42. The molecule has 11 unspecified atom stereocenters. The van der Waals surface area contributed by atoms with Crippen LogP contribution in [0.4, 0.5) is 0 Å². The highest BCUT2D eigenvalue weighted by atomic mass is 16.7. The zero-order valence-corrected chi connectivity index (χ0v) is 40.3. The molecule has 2 rings (SSSR count). The summed E-state index contributed by atoms with van der Waals surface area (Å²) in [5.41, 5.74) is 0. The smallest absolute Gasteiger partial charge is 0.306 e. The first-order valence-corrected chi connectivity index (χ1v) is 26.1. The SMILES string of the molecule is CCCCCCCCCCCCCCCCCCCCOCC(COC1OC(COC2OC(CO)C(O)C(O)C2O)C(O)C(O)C1O)OC(=O)CCCCCCCCCCCCCC. The summed E-state index contributed by atoms with van der Waals surface area (Å²) in [6.07, 6.45) is 21.7. The molecule has 2 fully saturated rings. The van der Waals surface area contributed by atoms with Gasteiger partial charge in [0.2, 0.25) is 0 Å². The first kappa shape index (κ1) is 59.1. The predicted molar refractivity (Wildman–Crippen MR) is 248 cm³/mol. The number of esters is 1. The van der Waals surface area contributed by atoms with E-state index >= 15 is 0 Å². The Morgan fingerprint density at radius 3 is 1.27 bits per heavy atom. The van der Waals surface area contributed by atoms with E-state index in [0.717, 1.165) is 38.5 Å². The Labute approximate surface area is 387 Å². The summed E-state index contributed by atoms with van der Waals surface area (Å²) < 4.78 is 34.3. The third-order valence-electron chi connectivity index (χ3n) is 12.9. The normalized spacial score (nSPS) is 26.6. The van der Waals surface area contributed by atoms with Crippen LogP contribution in [-0.2, 0) is 33.2 Å². The van der Waals surface area contributed by atoms with E-state index in [0.29, 0.717) is 13.0 Å². The maximum atomic E-state index is 13.0. The molecule has 0 aliphatic carbocycles. The molecule has 2 saturated heterocycles. The summed E-state index contributed by atoms with van der Waals surface area (Å²) in [5.74, 6) is -0.371. The van der Waals surface area contributed by atoms with Gasteiger partial charge in [-0.25, -0.2) is 0 Å². The minimum atomic E-state index is -1.70. The van der Waals surface area contributed by atoms with Crippen molar-refractivity contribution in [3.05, 3.63) is 0 Å². The van der Waals surface area contributed by atoms with E-state index in [1.165, 1.54) is 148 Å². The van der Waals surface area contributed by atoms with Crippen LogP contribution in [0.25, 0.3) is 0 Å². The quantitative estimate of drug-likeness (QED) is 0.0231. The van der Waals surface area contributed by atoms with Gasteiger partial charge in [0.1, 0.15) is 54.9 Å². The van der Waals surface area contributed by atoms with Crippen LogP contribution in [0.1, 0.15) is 213 Å². The molecule has 0 bridgehead atoms. The number of hydrogen-bond acceptors (Lipinski definition) is 14. The van der Waals surface area contributed by atoms with E-state index in [4.69, 9.17) is 28.4 Å². The highest BCUT2D eigenvalue weighted by molar-refractivity contribution is 5.69. The van der Waals surface area contributed by atoms with Gasteiger partial charge in [-0.3, -0.25) is 4.79 Å². The molecule has 7 N–H and O–H groups in total. The number of ether oxygens (including phenoxy) is 6. The first-order chi connectivity index (χ1) is 31.1. The van der Waals surface area contributed by atoms with Crippen LogP contribution >= 0.6 is 0 Å². The zero-order chi connectivity index (χ0) is 46.6. The van der Waals surface area contributed by atoms with Crippen LogP contribution in [0, 0.1) is 0 Å². The standard InChI is InChI=1S/C50H96O14/c1-3-5-7-9-11-13-15-17-18-19-20-21-22-24-26-28-30-32-34-59-36-39(62-42(52)33-31-29-27-25-23-16-14-12-10-8-6-4-2)37-60-49-48(58)46(56)44(54)41(64-49)38-61-50-47(57)45(55)43(53)40(35-51)63-50/h39-41,43-51,53-58H,3-38H2,1-2H3. The summed E-state index contributed by atoms with van der Waals surface area (Å²) in [7, 11) is 0. The average Bonchev–Trinajstić information content (AvgIpc) is 3.29. The van der Waals surface area contributed by atoms with E-state index in [1.54, 1.807) is 0 Å². The number of hydrogen-bond donors (Lipinski definition) is 7. The van der Waals surface area contributed by atoms with E-state index in [2.05, 4.69) is 13.8 Å². The maximum absolute atomic E-state index is 13.0. The third-order valence-corrected chi connectivity index (χ3v) is 12.9. The van der Waals surface area contributed by atoms with Gasteiger partial charge >= 0.3 is 5.97 Å². The largest absolute Gasteiger partial charge is 0.457 e. The minimum Gasteiger partial charge on any atom is -0.457 e. The van der Waals surface area contributed by atoms with Gasteiger partial charge in [-0.2, -0.15) is 0 Å². The lowest BCUT2D eigenvalue weighted by atomic mass is 9.98. The number of unbranched alkanes of at least 4 members (excludes halogenated alkanes) is 28. The molecule has 0 amide bonds. The molecule has 64 heavy (non-hydrogen) atoms. The molecule has 11 atom stereocenters. The molecule has 0 saturated carbocycles. The lowest BCUT2D eigenvalue weighted by molar-refractivity contribution is -0.332. The Morgan fingerprint density at radius 2 is 0.828 bits per heavy atom. The van der Waals surface area contributed by atoms with Crippen LogP contribution in [0.5, 0.6) is 0 Å². The summed E-state index contributed by atoms with van der Waals surface area (Å²) >= 11 is 0. The minimum absolute atomic E-state index is 0.0702. The monoisotopic (exact) mass is 921 g/mol. The molecule has 380 valence electrons. The number of aliphatic hydroxyl groups is 7. The molecule has 14 heteroatoms. The van der Waals surface area contributed by atoms with E-state index in [1.807, 2.05) is 0 Å². The Morgan fingerprint density at radius 1 is 0.453 bits per heavy atom. The summed E-state index contributed by atoms with van der Waals surface area (Å²) in [6, 6.07) is 0. The molecule has 0 radical (unpaired) electrons. The van der Waals surface area contributed by atoms with Crippen molar-refractivity contribution in [2.45, 2.75) is 280 Å². The predicted octanol–water partition coefficient (Wildman–Crippen LogP) is 7.69. The van der Waals surface area contributed by atoms with Gasteiger partial charge in [-0.1, -0.05) is 194 Å². The van der Waals surface area contributed by atoms with Crippen LogP contribution < -0.4 is 0 Å². The van der Waals surface area contributed by atoms with Gasteiger partial charge in [0.15, 0.2) is 12.6 Å². The van der Waals surface area contributed by atoms with Crippen molar-refractivity contribution in [2.24, 2.45) is 0 Å². The Kier molecular flexibility index (Phi) is 35.9. The van der Waals surface area contributed by atoms with Crippen molar-refractivity contribution in [3.63, 3.8) is 0 Å². The van der Waals surface area contributed by atoms with Crippen LogP contribution in [0.2, 0.25) is 0 Å². The van der Waals surface area contributed by atoms with Crippen molar-refractivity contribution in [2.75, 3.05) is 33.0 Å². The fraction of sp³-hybridized carbons (Fsp3) is 0.980. The molecule has 2 aliphatic heterocycles. The summed E-state index contributed by atoms with van der Waals surface area (Å²) in [5, 5.41) is 72.1. The fourth-order valence-corrected chi connectivity index (χ4v) is 8.58. The van der Waals surface area contributed by atoms with E-state index in [-0.39, 0.29) is 25.6 Å². The van der Waals surface area contributed by atoms with Crippen LogP contribution in [-0.4, -0.2) is 142 Å². The third kappa shape index (κ3) is 26.5. The lowest BCUT2D eigenvalue weighted by Gasteiger charge is -2.42. The highest BCUT2D eigenvalue weighted by Gasteiger charge is 2.47. The van der Waals surface area contributed by atoms with Crippen molar-refractivity contribution in [1.82, 2.24) is 0 Å². The van der Waals surface area contributed by atoms with Gasteiger partial charge in [0.05, 0.1) is 26.4 Å². The van der Waals surface area contributed by atoms with Crippen LogP contribution in [0.15, 0.2) is 0 Å². The van der Waals surface area contributed by atoms with Crippen molar-refractivity contribution in [1.29, 1.82) is 0 Å².